The van der Waals surface area contributed by atoms with Crippen LogP contribution < -0.4 is 4.90 Å². The van der Waals surface area contributed by atoms with Crippen LogP contribution in [0.15, 0.2) is 23.2 Å². The zero-order valence-corrected chi connectivity index (χ0v) is 15.5. The SMILES string of the molecule is COCC(=O)N=C1SC2CS(=O)(=O)CC2N1c1c(C)cccc1C. The van der Waals surface area contributed by atoms with Crippen molar-refractivity contribution in [3.05, 3.63) is 29.3 Å². The number of para-hydroxylation sites is 1. The van der Waals surface area contributed by atoms with Gasteiger partial charge in [0, 0.05) is 18.0 Å². The molecule has 0 spiro atoms. The molecule has 1 amide bonds. The topological polar surface area (TPSA) is 76.0 Å². The summed E-state index contributed by atoms with van der Waals surface area (Å²) in [7, 11) is -1.61. The normalized spacial score (nSPS) is 26.8. The van der Waals surface area contributed by atoms with Gasteiger partial charge in [0.15, 0.2) is 15.0 Å². The Labute approximate surface area is 146 Å². The first-order chi connectivity index (χ1) is 11.3. The summed E-state index contributed by atoms with van der Waals surface area (Å²) >= 11 is 1.38. The summed E-state index contributed by atoms with van der Waals surface area (Å²) in [5.74, 6) is -0.143. The molecule has 3 rings (SSSR count). The van der Waals surface area contributed by atoms with Gasteiger partial charge in [0.05, 0.1) is 17.5 Å². The Hall–Kier alpha value is -1.38. The first-order valence-electron chi connectivity index (χ1n) is 7.65. The molecular weight excluding hydrogens is 348 g/mol. The molecule has 0 radical (unpaired) electrons. The summed E-state index contributed by atoms with van der Waals surface area (Å²) < 4.78 is 29.0. The molecule has 0 N–H and O–H groups in total. The Morgan fingerprint density at radius 2 is 2.00 bits per heavy atom. The van der Waals surface area contributed by atoms with Crippen LogP contribution in [0.4, 0.5) is 5.69 Å². The van der Waals surface area contributed by atoms with E-state index < -0.39 is 9.84 Å². The van der Waals surface area contributed by atoms with Crippen LogP contribution >= 0.6 is 11.8 Å². The van der Waals surface area contributed by atoms with Gasteiger partial charge in [0.1, 0.15) is 6.61 Å². The average molecular weight is 368 g/mol. The minimum atomic E-state index is -3.06. The minimum Gasteiger partial charge on any atom is -0.375 e. The van der Waals surface area contributed by atoms with Crippen LogP contribution in [-0.4, -0.2) is 56.0 Å². The van der Waals surface area contributed by atoms with Crippen LogP contribution in [0.1, 0.15) is 11.1 Å². The zero-order valence-electron chi connectivity index (χ0n) is 13.9. The Morgan fingerprint density at radius 3 is 2.62 bits per heavy atom. The first-order valence-corrected chi connectivity index (χ1v) is 10.4. The second-order valence-corrected chi connectivity index (χ2v) is 9.49. The highest BCUT2D eigenvalue weighted by Crippen LogP contribution is 2.42. The number of amidine groups is 1. The fraction of sp³-hybridized carbons (Fsp3) is 0.500. The van der Waals surface area contributed by atoms with Crippen molar-refractivity contribution in [1.82, 2.24) is 0 Å². The number of thioether (sulfide) groups is 1. The van der Waals surface area contributed by atoms with Crippen LogP contribution in [0.25, 0.3) is 0 Å². The Bertz CT molecular complexity index is 784. The summed E-state index contributed by atoms with van der Waals surface area (Å²) in [6, 6.07) is 5.75. The number of anilines is 1. The smallest absolute Gasteiger partial charge is 0.274 e. The van der Waals surface area contributed by atoms with Crippen LogP contribution in [0, 0.1) is 13.8 Å². The van der Waals surface area contributed by atoms with E-state index in [4.69, 9.17) is 4.74 Å². The fourth-order valence-electron chi connectivity index (χ4n) is 3.27. The summed E-state index contributed by atoms with van der Waals surface area (Å²) in [6.45, 7) is 3.88. The molecule has 0 saturated carbocycles. The lowest BCUT2D eigenvalue weighted by Gasteiger charge is -2.27. The average Bonchev–Trinajstić information content (AvgIpc) is 2.92. The predicted molar refractivity (Wildman–Crippen MR) is 96.5 cm³/mol. The van der Waals surface area contributed by atoms with Crippen LogP contribution in [0.3, 0.4) is 0 Å². The van der Waals surface area contributed by atoms with Crippen LogP contribution in [0.2, 0.25) is 0 Å². The number of hydrogen-bond donors (Lipinski definition) is 0. The highest BCUT2D eigenvalue weighted by atomic mass is 32.2. The number of nitrogens with zero attached hydrogens (tertiary/aromatic N) is 2. The molecule has 2 aliphatic heterocycles. The second kappa shape index (κ2) is 6.50. The maximum atomic E-state index is 12.1. The van der Waals surface area contributed by atoms with Gasteiger partial charge in [-0.3, -0.25) is 4.79 Å². The Kier molecular flexibility index (Phi) is 4.72. The monoisotopic (exact) mass is 368 g/mol. The number of carbonyl (C=O) groups is 1. The molecule has 2 aliphatic rings. The predicted octanol–water partition coefficient (Wildman–Crippen LogP) is 1.55. The number of aliphatic imine (C=N–C) groups is 1. The molecule has 2 atom stereocenters. The summed E-state index contributed by atoms with van der Waals surface area (Å²) in [5, 5.41) is 0.474. The molecule has 0 bridgehead atoms. The van der Waals surface area contributed by atoms with Crippen molar-refractivity contribution in [2.45, 2.75) is 25.1 Å². The molecule has 0 aromatic heterocycles. The molecule has 2 unspecified atom stereocenters. The Balaban J connectivity index is 2.07. The molecule has 24 heavy (non-hydrogen) atoms. The van der Waals surface area contributed by atoms with E-state index in [2.05, 4.69) is 4.99 Å². The quantitative estimate of drug-likeness (QED) is 0.806. The summed E-state index contributed by atoms with van der Waals surface area (Å²) in [5.41, 5.74) is 3.01. The summed E-state index contributed by atoms with van der Waals surface area (Å²) in [6.07, 6.45) is 0. The number of rotatable bonds is 3. The molecule has 1 aromatic rings. The third kappa shape index (κ3) is 3.22. The van der Waals surface area contributed by atoms with E-state index in [-0.39, 0.29) is 35.3 Å². The second-order valence-electron chi connectivity index (χ2n) is 6.13. The number of sulfone groups is 1. The maximum absolute atomic E-state index is 12.1. The van der Waals surface area contributed by atoms with Gasteiger partial charge in [-0.05, 0) is 25.0 Å². The van der Waals surface area contributed by atoms with Crippen molar-refractivity contribution in [1.29, 1.82) is 0 Å². The largest absolute Gasteiger partial charge is 0.375 e. The lowest BCUT2D eigenvalue weighted by molar-refractivity contribution is -0.121. The number of methoxy groups -OCH3 is 1. The van der Waals surface area contributed by atoms with Gasteiger partial charge in [-0.2, -0.15) is 4.99 Å². The number of aryl methyl sites for hydroxylation is 2. The van der Waals surface area contributed by atoms with Crippen molar-refractivity contribution < 1.29 is 17.9 Å². The van der Waals surface area contributed by atoms with Gasteiger partial charge >= 0.3 is 0 Å². The van der Waals surface area contributed by atoms with Crippen LogP contribution in [-0.2, 0) is 19.4 Å². The van der Waals surface area contributed by atoms with Gasteiger partial charge in [-0.15, -0.1) is 0 Å². The van der Waals surface area contributed by atoms with Crippen LogP contribution in [0.5, 0.6) is 0 Å². The number of ether oxygens (including phenoxy) is 1. The minimum absolute atomic E-state index is 0.0850. The molecule has 130 valence electrons. The molecule has 2 saturated heterocycles. The number of hydrogen-bond acceptors (Lipinski definition) is 5. The molecule has 2 fully saturated rings. The lowest BCUT2D eigenvalue weighted by atomic mass is 10.1. The van der Waals surface area contributed by atoms with Crippen molar-refractivity contribution in [3.63, 3.8) is 0 Å². The van der Waals surface area contributed by atoms with Crippen molar-refractivity contribution >= 4 is 38.4 Å². The lowest BCUT2D eigenvalue weighted by Crippen LogP contribution is -2.38. The molecular formula is C16H20N2O4S2. The van der Waals surface area contributed by atoms with Crippen molar-refractivity contribution in [2.24, 2.45) is 4.99 Å². The highest BCUT2D eigenvalue weighted by molar-refractivity contribution is 8.16. The number of carbonyl (C=O) groups excluding carboxylic acids is 1. The first kappa shape index (κ1) is 17.4. The third-order valence-corrected chi connectivity index (χ3v) is 7.44. The van der Waals surface area contributed by atoms with Crippen molar-refractivity contribution in [2.75, 3.05) is 30.1 Å². The molecule has 6 nitrogen and oxygen atoms in total. The van der Waals surface area contributed by atoms with Gasteiger partial charge < -0.3 is 9.64 Å². The van der Waals surface area contributed by atoms with E-state index in [1.807, 2.05) is 36.9 Å². The van der Waals surface area contributed by atoms with E-state index >= 15 is 0 Å². The van der Waals surface area contributed by atoms with Gasteiger partial charge in [0.2, 0.25) is 0 Å². The van der Waals surface area contributed by atoms with E-state index in [0.717, 1.165) is 16.8 Å². The molecule has 8 heteroatoms. The van der Waals surface area contributed by atoms with E-state index in [1.54, 1.807) is 0 Å². The zero-order chi connectivity index (χ0) is 17.5. The maximum Gasteiger partial charge on any atom is 0.274 e. The van der Waals surface area contributed by atoms with Gasteiger partial charge in [-0.1, -0.05) is 30.0 Å². The Morgan fingerprint density at radius 1 is 1.33 bits per heavy atom. The molecule has 2 heterocycles. The summed E-state index contributed by atoms with van der Waals surface area (Å²) in [4.78, 5) is 18.0. The molecule has 1 aromatic carbocycles. The fourth-order valence-corrected chi connectivity index (χ4v) is 7.19. The third-order valence-electron chi connectivity index (χ3n) is 4.24. The number of benzene rings is 1. The van der Waals surface area contributed by atoms with Gasteiger partial charge in [-0.25, -0.2) is 8.42 Å². The molecule has 0 aliphatic carbocycles. The van der Waals surface area contributed by atoms with E-state index in [1.165, 1.54) is 18.9 Å². The van der Waals surface area contributed by atoms with E-state index in [0.29, 0.717) is 5.17 Å². The van der Waals surface area contributed by atoms with Gasteiger partial charge in [0.25, 0.3) is 5.91 Å². The van der Waals surface area contributed by atoms with E-state index in [9.17, 15) is 13.2 Å². The highest BCUT2D eigenvalue weighted by Gasteiger charge is 2.49. The number of fused-ring (bicyclic) bond motifs is 1. The number of amides is 1. The standard InChI is InChI=1S/C16H20N2O4S2/c1-10-5-4-6-11(2)15(10)18-12-8-24(20,21)9-13(12)23-16(18)17-14(19)7-22-3/h4-6,12-13H,7-9H2,1-3H3. The van der Waals surface area contributed by atoms with Crippen molar-refractivity contribution in [3.8, 4) is 0 Å².